The molecule has 0 aliphatic carbocycles. The van der Waals surface area contributed by atoms with Gasteiger partial charge in [0.05, 0.1) is 23.4 Å². The summed E-state index contributed by atoms with van der Waals surface area (Å²) in [6.07, 6.45) is 1.52. The van der Waals surface area contributed by atoms with Crippen LogP contribution in [0.5, 0.6) is 17.2 Å². The van der Waals surface area contributed by atoms with Crippen LogP contribution >= 0.6 is 57.6 Å². The minimum atomic E-state index is -1.13. The molecule has 0 amide bonds. The van der Waals surface area contributed by atoms with Crippen LogP contribution in [-0.2, 0) is 11.4 Å². The quantitative estimate of drug-likeness (QED) is 0.103. The molecule has 3 aromatic carbocycles. The van der Waals surface area contributed by atoms with Crippen molar-refractivity contribution in [2.45, 2.75) is 11.8 Å². The highest BCUT2D eigenvalue weighted by Gasteiger charge is 2.18. The Labute approximate surface area is 246 Å². The van der Waals surface area contributed by atoms with E-state index in [0.29, 0.717) is 44.2 Å². The predicted octanol–water partition coefficient (Wildman–Crippen LogP) is 7.20. The fourth-order valence-corrected chi connectivity index (χ4v) is 5.24. The number of hydrogen-bond acceptors (Lipinski definition) is 7. The van der Waals surface area contributed by atoms with E-state index in [1.807, 2.05) is 18.2 Å². The van der Waals surface area contributed by atoms with E-state index < -0.39 is 5.97 Å². The van der Waals surface area contributed by atoms with Gasteiger partial charge in [0.25, 0.3) is 0 Å². The van der Waals surface area contributed by atoms with E-state index in [1.165, 1.54) is 20.3 Å². The van der Waals surface area contributed by atoms with Crippen LogP contribution < -0.4 is 14.2 Å². The summed E-state index contributed by atoms with van der Waals surface area (Å²) in [5.41, 5.74) is 2.04. The Bertz CT molecular complexity index is 1510. The molecule has 2 N–H and O–H groups in total. The number of H-pyrrole nitrogens is 1. The van der Waals surface area contributed by atoms with Crippen LogP contribution in [0.3, 0.4) is 0 Å². The Balaban J connectivity index is 1.58. The van der Waals surface area contributed by atoms with Crippen molar-refractivity contribution in [2.24, 2.45) is 0 Å². The number of nitrogens with zero attached hydrogens (tertiary/aromatic N) is 2. The van der Waals surface area contributed by atoms with Crippen LogP contribution in [0.4, 0.5) is 0 Å². The first-order valence-corrected chi connectivity index (χ1v) is 13.6. The van der Waals surface area contributed by atoms with Gasteiger partial charge in [0.2, 0.25) is 5.16 Å². The fourth-order valence-electron chi connectivity index (χ4n) is 3.39. The summed E-state index contributed by atoms with van der Waals surface area (Å²) in [6.45, 7) is 0.252. The first-order chi connectivity index (χ1) is 18.3. The Morgan fingerprint density at radius 2 is 1.87 bits per heavy atom. The molecule has 1 heterocycles. The van der Waals surface area contributed by atoms with Crippen LogP contribution in [0.2, 0.25) is 10.0 Å². The highest BCUT2D eigenvalue weighted by Crippen LogP contribution is 2.37. The average Bonchev–Trinajstić information content (AvgIpc) is 3.36. The maximum absolute atomic E-state index is 12.1. The number of aromatic nitrogens is 3. The number of carbonyl (C=O) groups is 1. The van der Waals surface area contributed by atoms with E-state index >= 15 is 0 Å². The third kappa shape index (κ3) is 6.73. The lowest BCUT2D eigenvalue weighted by Gasteiger charge is -2.14. The number of carboxylic acids is 1. The van der Waals surface area contributed by atoms with E-state index in [1.54, 1.807) is 36.4 Å². The molecule has 0 saturated carbocycles. The van der Waals surface area contributed by atoms with Gasteiger partial charge in [0.1, 0.15) is 17.3 Å². The lowest BCUT2D eigenvalue weighted by molar-refractivity contribution is -0.131. The Hall–Kier alpha value is -2.93. The highest BCUT2D eigenvalue weighted by molar-refractivity contribution is 14.1. The van der Waals surface area contributed by atoms with Crippen molar-refractivity contribution < 1.29 is 24.1 Å². The van der Waals surface area contributed by atoms with E-state index in [2.05, 4.69) is 37.8 Å². The number of ether oxygens (including phenoxy) is 3. The van der Waals surface area contributed by atoms with Gasteiger partial charge in [0, 0.05) is 15.6 Å². The Kier molecular flexibility index (Phi) is 9.42. The lowest BCUT2D eigenvalue weighted by Crippen LogP contribution is -2.01. The van der Waals surface area contributed by atoms with E-state index in [4.69, 9.17) is 37.4 Å². The molecule has 1 aromatic heterocycles. The second-order valence-electron chi connectivity index (χ2n) is 7.64. The summed E-state index contributed by atoms with van der Waals surface area (Å²) in [6, 6.07) is 16.0. The SMILES string of the molecule is COc1ccc(Cl)cc1-c1nc(S/C(=C\c2cc(I)c(OCc3ccccc3Cl)c(OC)c2)C(=O)O)n[nH]1. The number of aromatic amines is 1. The summed E-state index contributed by atoms with van der Waals surface area (Å²) < 4.78 is 17.6. The zero-order valence-corrected chi connectivity index (χ0v) is 24.5. The molecule has 196 valence electrons. The first kappa shape index (κ1) is 28.1. The van der Waals surface area contributed by atoms with Crippen LogP contribution in [-0.4, -0.2) is 40.5 Å². The standard InChI is InChI=1S/C26H20Cl2IN3O5S/c1-35-20-8-7-16(27)12-17(20)24-30-26(32-31-24)38-22(25(33)34)11-14-9-19(29)23(21(10-14)36-2)37-13-15-5-3-4-6-18(15)28/h3-12H,13H2,1-2H3,(H,33,34)(H,30,31,32)/b22-11-. The van der Waals surface area contributed by atoms with Crippen LogP contribution in [0.25, 0.3) is 17.5 Å². The summed E-state index contributed by atoms with van der Waals surface area (Å²) in [4.78, 5) is 16.5. The number of carboxylic acid groups (broad SMARTS) is 1. The lowest BCUT2D eigenvalue weighted by atomic mass is 10.2. The van der Waals surface area contributed by atoms with Gasteiger partial charge in [0.15, 0.2) is 17.3 Å². The predicted molar refractivity (Wildman–Crippen MR) is 156 cm³/mol. The van der Waals surface area contributed by atoms with Gasteiger partial charge in [-0.25, -0.2) is 9.78 Å². The van der Waals surface area contributed by atoms with Crippen molar-refractivity contribution in [3.63, 3.8) is 0 Å². The minimum Gasteiger partial charge on any atom is -0.496 e. The highest BCUT2D eigenvalue weighted by atomic mass is 127. The number of rotatable bonds is 10. The molecule has 0 unspecified atom stereocenters. The molecule has 0 aliphatic rings. The van der Waals surface area contributed by atoms with Crippen LogP contribution in [0.15, 0.2) is 64.7 Å². The average molecular weight is 684 g/mol. The van der Waals surface area contributed by atoms with Gasteiger partial charge in [-0.1, -0.05) is 41.4 Å². The molecule has 38 heavy (non-hydrogen) atoms. The molecule has 12 heteroatoms. The summed E-state index contributed by atoms with van der Waals surface area (Å²) in [5.74, 6) is 0.805. The molecule has 4 rings (SSSR count). The largest absolute Gasteiger partial charge is 0.496 e. The zero-order chi connectivity index (χ0) is 27.2. The fraction of sp³-hybridized carbons (Fsp3) is 0.115. The van der Waals surface area contributed by atoms with Crippen molar-refractivity contribution in [2.75, 3.05) is 14.2 Å². The van der Waals surface area contributed by atoms with Crippen molar-refractivity contribution in [3.05, 3.63) is 84.2 Å². The number of benzene rings is 3. The summed E-state index contributed by atoms with van der Waals surface area (Å²) >= 11 is 15.4. The maximum Gasteiger partial charge on any atom is 0.342 e. The molecular formula is C26H20Cl2IN3O5S. The van der Waals surface area contributed by atoms with Crippen LogP contribution in [0, 0.1) is 3.57 Å². The monoisotopic (exact) mass is 683 g/mol. The molecule has 4 aromatic rings. The van der Waals surface area contributed by atoms with Crippen molar-refractivity contribution in [1.29, 1.82) is 0 Å². The number of hydrogen-bond donors (Lipinski definition) is 2. The molecule has 0 spiro atoms. The van der Waals surface area contributed by atoms with Gasteiger partial charge in [-0.3, -0.25) is 5.10 Å². The first-order valence-electron chi connectivity index (χ1n) is 10.9. The normalized spacial score (nSPS) is 11.3. The number of halogens is 3. The number of methoxy groups -OCH3 is 2. The van der Waals surface area contributed by atoms with Crippen molar-refractivity contribution in [3.8, 4) is 28.6 Å². The molecule has 0 aliphatic heterocycles. The molecule has 0 atom stereocenters. The van der Waals surface area contributed by atoms with E-state index in [9.17, 15) is 9.90 Å². The van der Waals surface area contributed by atoms with Gasteiger partial charge in [-0.2, -0.15) is 0 Å². The van der Waals surface area contributed by atoms with Gasteiger partial charge >= 0.3 is 5.97 Å². The van der Waals surface area contributed by atoms with Crippen LogP contribution in [0.1, 0.15) is 11.1 Å². The topological polar surface area (TPSA) is 107 Å². The van der Waals surface area contributed by atoms with Gasteiger partial charge in [-0.05, 0) is 82.4 Å². The Morgan fingerprint density at radius 1 is 1.11 bits per heavy atom. The third-order valence-corrected chi connectivity index (χ3v) is 7.46. The summed E-state index contributed by atoms with van der Waals surface area (Å²) in [5, 5.41) is 18.2. The second kappa shape index (κ2) is 12.7. The molecule has 0 fully saturated rings. The van der Waals surface area contributed by atoms with Gasteiger partial charge in [-0.15, -0.1) is 5.10 Å². The minimum absolute atomic E-state index is 0.0104. The molecule has 0 saturated heterocycles. The smallest absolute Gasteiger partial charge is 0.342 e. The Morgan fingerprint density at radius 3 is 2.58 bits per heavy atom. The molecule has 8 nitrogen and oxygen atoms in total. The number of nitrogens with one attached hydrogen (secondary N) is 1. The van der Waals surface area contributed by atoms with Gasteiger partial charge < -0.3 is 19.3 Å². The molecule has 0 radical (unpaired) electrons. The summed E-state index contributed by atoms with van der Waals surface area (Å²) in [7, 11) is 3.06. The van der Waals surface area contributed by atoms with Crippen molar-refractivity contribution in [1.82, 2.24) is 15.2 Å². The zero-order valence-electron chi connectivity index (χ0n) is 20.0. The molecule has 0 bridgehead atoms. The second-order valence-corrected chi connectivity index (χ2v) is 10.7. The van der Waals surface area contributed by atoms with Crippen molar-refractivity contribution >= 4 is 69.6 Å². The molecular weight excluding hydrogens is 664 g/mol. The maximum atomic E-state index is 12.1. The number of aliphatic carboxylic acids is 1. The number of thioether (sulfide) groups is 1. The van der Waals surface area contributed by atoms with E-state index in [0.717, 1.165) is 20.9 Å². The third-order valence-electron chi connectivity index (χ3n) is 5.17. The van der Waals surface area contributed by atoms with E-state index in [-0.39, 0.29) is 16.7 Å².